The van der Waals surface area contributed by atoms with Crippen LogP contribution in [-0.2, 0) is 9.59 Å². The van der Waals surface area contributed by atoms with Crippen molar-refractivity contribution in [3.05, 3.63) is 41.2 Å². The second-order valence-corrected chi connectivity index (χ2v) is 7.13. The minimum absolute atomic E-state index is 0.0775. The highest BCUT2D eigenvalue weighted by atomic mass is 19.1. The molecule has 3 unspecified atom stereocenters. The Morgan fingerprint density at radius 2 is 2.00 bits per heavy atom. The number of carbonyl (C=O) groups excluding carboxylic acids is 1. The monoisotopic (exact) mass is 362 g/mol. The van der Waals surface area contributed by atoms with Gasteiger partial charge in [-0.3, -0.25) is 9.59 Å². The van der Waals surface area contributed by atoms with Crippen molar-refractivity contribution in [1.29, 1.82) is 0 Å². The lowest BCUT2D eigenvalue weighted by Gasteiger charge is -2.17. The van der Waals surface area contributed by atoms with Crippen molar-refractivity contribution in [3.8, 4) is 0 Å². The van der Waals surface area contributed by atoms with E-state index in [0.717, 1.165) is 30.4 Å². The molecule has 2 rings (SSSR count). The van der Waals surface area contributed by atoms with Crippen LogP contribution in [0.4, 0.5) is 4.39 Å². The molecule has 0 heterocycles. The van der Waals surface area contributed by atoms with Gasteiger partial charge >= 0.3 is 5.97 Å². The van der Waals surface area contributed by atoms with Gasteiger partial charge in [0.15, 0.2) is 0 Å². The molecule has 5 heteroatoms. The molecule has 142 valence electrons. The predicted octanol–water partition coefficient (Wildman–Crippen LogP) is 4.14. The number of aryl methyl sites for hydroxylation is 1. The van der Waals surface area contributed by atoms with E-state index in [2.05, 4.69) is 0 Å². The molecule has 0 aliphatic heterocycles. The number of hydrogen-bond donors (Lipinski definition) is 2. The van der Waals surface area contributed by atoms with Crippen LogP contribution in [0.2, 0.25) is 0 Å². The number of ketones is 1. The Kier molecular flexibility index (Phi) is 7.51. The van der Waals surface area contributed by atoms with Crippen molar-refractivity contribution in [3.63, 3.8) is 0 Å². The lowest BCUT2D eigenvalue weighted by atomic mass is 9.88. The van der Waals surface area contributed by atoms with Gasteiger partial charge in [0, 0.05) is 24.7 Å². The van der Waals surface area contributed by atoms with Gasteiger partial charge in [-0.25, -0.2) is 4.39 Å². The quantitative estimate of drug-likeness (QED) is 0.648. The van der Waals surface area contributed by atoms with E-state index in [0.29, 0.717) is 12.8 Å². The third kappa shape index (κ3) is 5.77. The van der Waals surface area contributed by atoms with Crippen LogP contribution < -0.4 is 0 Å². The molecule has 1 aliphatic carbocycles. The summed E-state index contributed by atoms with van der Waals surface area (Å²) in [6.45, 7) is 1.89. The number of carboxylic acid groups (broad SMARTS) is 1. The van der Waals surface area contributed by atoms with Crippen LogP contribution in [0.15, 0.2) is 24.3 Å². The van der Waals surface area contributed by atoms with E-state index in [4.69, 9.17) is 5.11 Å². The lowest BCUT2D eigenvalue weighted by molar-refractivity contribution is -0.137. The first-order valence-electron chi connectivity index (χ1n) is 9.25. The zero-order chi connectivity index (χ0) is 19.1. The first kappa shape index (κ1) is 20.3. The van der Waals surface area contributed by atoms with E-state index in [1.807, 2.05) is 13.0 Å². The molecule has 0 bridgehead atoms. The second kappa shape index (κ2) is 9.62. The molecule has 1 fully saturated rings. The summed E-state index contributed by atoms with van der Waals surface area (Å²) in [4.78, 5) is 22.7. The molecule has 1 saturated carbocycles. The molecule has 1 aromatic rings. The van der Waals surface area contributed by atoms with Crippen LogP contribution in [0.5, 0.6) is 0 Å². The number of unbranched alkanes of at least 4 members (excludes halogenated alkanes) is 3. The highest BCUT2D eigenvalue weighted by molar-refractivity contribution is 5.85. The van der Waals surface area contributed by atoms with Crippen molar-refractivity contribution in [2.75, 3.05) is 0 Å². The van der Waals surface area contributed by atoms with Crippen molar-refractivity contribution in [2.24, 2.45) is 11.8 Å². The maximum atomic E-state index is 13.4. The Hall–Kier alpha value is -2.01. The normalized spacial score (nSPS) is 23.0. The molecule has 2 N–H and O–H groups in total. The first-order valence-corrected chi connectivity index (χ1v) is 9.25. The van der Waals surface area contributed by atoms with Crippen molar-refractivity contribution in [2.45, 2.75) is 58.0 Å². The number of hydrogen-bond acceptors (Lipinski definition) is 3. The molecule has 1 aromatic carbocycles. The van der Waals surface area contributed by atoms with Gasteiger partial charge in [0.25, 0.3) is 0 Å². The molecule has 4 nitrogen and oxygen atoms in total. The van der Waals surface area contributed by atoms with Crippen molar-refractivity contribution >= 4 is 17.8 Å². The Morgan fingerprint density at radius 1 is 1.27 bits per heavy atom. The molecule has 0 spiro atoms. The summed E-state index contributed by atoms with van der Waals surface area (Å²) in [5.41, 5.74) is 1.69. The van der Waals surface area contributed by atoms with Gasteiger partial charge in [-0.05, 0) is 43.0 Å². The summed E-state index contributed by atoms with van der Waals surface area (Å²) in [6, 6.07) is 4.57. The average Bonchev–Trinajstić information content (AvgIpc) is 2.84. The summed E-state index contributed by atoms with van der Waals surface area (Å²) in [7, 11) is 0. The topological polar surface area (TPSA) is 74.6 Å². The Balaban J connectivity index is 1.92. The largest absolute Gasteiger partial charge is 0.481 e. The number of benzene rings is 1. The average molecular weight is 362 g/mol. The van der Waals surface area contributed by atoms with Crippen LogP contribution >= 0.6 is 0 Å². The van der Waals surface area contributed by atoms with Crippen molar-refractivity contribution in [1.82, 2.24) is 0 Å². The van der Waals surface area contributed by atoms with Gasteiger partial charge in [-0.1, -0.05) is 37.5 Å². The fourth-order valence-electron chi connectivity index (χ4n) is 3.59. The second-order valence-electron chi connectivity index (χ2n) is 7.13. The molecule has 0 aromatic heterocycles. The highest BCUT2D eigenvalue weighted by Crippen LogP contribution is 2.35. The number of aliphatic carboxylic acids is 1. The maximum Gasteiger partial charge on any atom is 0.303 e. The molecular weight excluding hydrogens is 335 g/mol. The smallest absolute Gasteiger partial charge is 0.303 e. The van der Waals surface area contributed by atoms with Crippen LogP contribution in [0.3, 0.4) is 0 Å². The Labute approximate surface area is 153 Å². The molecule has 0 radical (unpaired) electrons. The summed E-state index contributed by atoms with van der Waals surface area (Å²) >= 11 is 0. The van der Waals surface area contributed by atoms with Crippen LogP contribution in [0.25, 0.3) is 6.08 Å². The SMILES string of the molecule is Cc1ccc(F)cc1C=CC1C(O)CC(=O)C1CCCCCCC(=O)O. The first-order chi connectivity index (χ1) is 12.4. The number of aliphatic hydroxyl groups is 1. The Morgan fingerprint density at radius 3 is 2.73 bits per heavy atom. The number of carboxylic acids is 1. The van der Waals surface area contributed by atoms with Gasteiger partial charge in [0.2, 0.25) is 0 Å². The summed E-state index contributed by atoms with van der Waals surface area (Å²) in [5.74, 6) is -1.47. The van der Waals surface area contributed by atoms with Crippen molar-refractivity contribution < 1.29 is 24.2 Å². The van der Waals surface area contributed by atoms with Gasteiger partial charge in [0.1, 0.15) is 11.6 Å². The van der Waals surface area contributed by atoms with Crippen LogP contribution in [0.1, 0.15) is 56.1 Å². The predicted molar refractivity (Wildman–Crippen MR) is 98.1 cm³/mol. The fourth-order valence-corrected chi connectivity index (χ4v) is 3.59. The molecule has 26 heavy (non-hydrogen) atoms. The summed E-state index contributed by atoms with van der Waals surface area (Å²) in [5, 5.41) is 18.8. The molecule has 0 saturated heterocycles. The number of halogens is 1. The summed E-state index contributed by atoms with van der Waals surface area (Å²) < 4.78 is 13.4. The zero-order valence-corrected chi connectivity index (χ0v) is 15.2. The van der Waals surface area contributed by atoms with Crippen LogP contribution in [0, 0.1) is 24.6 Å². The number of aliphatic hydroxyl groups excluding tert-OH is 1. The van der Waals surface area contributed by atoms with Gasteiger partial charge in [-0.2, -0.15) is 0 Å². The minimum atomic E-state index is -0.781. The zero-order valence-electron chi connectivity index (χ0n) is 15.2. The third-order valence-corrected chi connectivity index (χ3v) is 5.13. The minimum Gasteiger partial charge on any atom is -0.481 e. The van der Waals surface area contributed by atoms with E-state index in [1.54, 1.807) is 12.1 Å². The van der Waals surface area contributed by atoms with E-state index in [9.17, 15) is 19.1 Å². The van der Waals surface area contributed by atoms with E-state index < -0.39 is 12.1 Å². The molecule has 1 aliphatic rings. The fraction of sp³-hybridized carbons (Fsp3) is 0.524. The number of carbonyl (C=O) groups is 2. The van der Waals surface area contributed by atoms with Crippen LogP contribution in [-0.4, -0.2) is 28.1 Å². The third-order valence-electron chi connectivity index (χ3n) is 5.13. The van der Waals surface area contributed by atoms with Gasteiger partial charge in [0.05, 0.1) is 6.10 Å². The molecule has 0 amide bonds. The van der Waals surface area contributed by atoms with E-state index >= 15 is 0 Å². The Bertz CT molecular complexity index is 668. The number of Topliss-reactive ketones (excluding diaryl/α,β-unsaturated/α-hetero) is 1. The number of rotatable bonds is 9. The van der Waals surface area contributed by atoms with E-state index in [1.165, 1.54) is 12.1 Å². The molecule has 3 atom stereocenters. The maximum absolute atomic E-state index is 13.4. The standard InChI is InChI=1S/C21H27FO4/c1-14-8-10-16(22)12-15(14)9-11-18-17(19(23)13-20(18)24)6-4-2-3-5-7-21(25)26/h8-12,17-18,20,24H,2-7,13H2,1H3,(H,25,26). The lowest BCUT2D eigenvalue weighted by Crippen LogP contribution is -2.18. The highest BCUT2D eigenvalue weighted by Gasteiger charge is 2.39. The summed E-state index contributed by atoms with van der Waals surface area (Å²) in [6.07, 6.45) is 7.19. The van der Waals surface area contributed by atoms with Gasteiger partial charge in [-0.15, -0.1) is 0 Å². The molecular formula is C21H27FO4. The van der Waals surface area contributed by atoms with E-state index in [-0.39, 0.29) is 36.3 Å². The van der Waals surface area contributed by atoms with Gasteiger partial charge < -0.3 is 10.2 Å².